The molecule has 2 heterocycles. The van der Waals surface area contributed by atoms with E-state index >= 15 is 0 Å². The van der Waals surface area contributed by atoms with Crippen LogP contribution in [0.2, 0.25) is 0 Å². The molecule has 0 saturated carbocycles. The van der Waals surface area contributed by atoms with Crippen molar-refractivity contribution in [3.63, 3.8) is 0 Å². The van der Waals surface area contributed by atoms with Crippen LogP contribution in [-0.2, 0) is 0 Å². The predicted molar refractivity (Wildman–Crippen MR) is 77.5 cm³/mol. The lowest BCUT2D eigenvalue weighted by atomic mass is 10.2. The van der Waals surface area contributed by atoms with Gasteiger partial charge in [0.15, 0.2) is 0 Å². The topological polar surface area (TPSA) is 86.3 Å². The number of halogens is 1. The summed E-state index contributed by atoms with van der Waals surface area (Å²) < 4.78 is 0.619. The fourth-order valence-corrected chi connectivity index (χ4v) is 2.85. The van der Waals surface area contributed by atoms with Crippen molar-refractivity contribution in [1.29, 1.82) is 5.26 Å². The summed E-state index contributed by atoms with van der Waals surface area (Å²) in [6, 6.07) is 2.08. The molecule has 0 aromatic carbocycles. The Balaban J connectivity index is 2.19. The third kappa shape index (κ3) is 2.89. The number of rotatable bonds is 3. The van der Waals surface area contributed by atoms with Crippen LogP contribution in [0.5, 0.6) is 0 Å². The van der Waals surface area contributed by atoms with E-state index in [9.17, 15) is 10.1 Å². The molecule has 1 unspecified atom stereocenters. The molecule has 1 aromatic rings. The summed E-state index contributed by atoms with van der Waals surface area (Å²) in [4.78, 5) is 18.6. The van der Waals surface area contributed by atoms with E-state index in [1.165, 1.54) is 6.20 Å². The molecule has 1 atom stereocenters. The SMILES string of the molecule is CC(C#N)N1CCN(c2c(Br)cncc2[N+](=O)[O-])CC1. The zero-order valence-corrected chi connectivity index (χ0v) is 12.6. The summed E-state index contributed by atoms with van der Waals surface area (Å²) in [6.45, 7) is 4.58. The Morgan fingerprint density at radius 3 is 2.65 bits per heavy atom. The molecule has 0 amide bonds. The predicted octanol–water partition coefficient (Wildman–Crippen LogP) is 1.79. The number of anilines is 1. The second kappa shape index (κ2) is 6.15. The maximum atomic E-state index is 11.1. The fraction of sp³-hybridized carbons (Fsp3) is 0.500. The first-order chi connectivity index (χ1) is 9.54. The van der Waals surface area contributed by atoms with Crippen LogP contribution in [0.25, 0.3) is 0 Å². The molecule has 7 nitrogen and oxygen atoms in total. The van der Waals surface area contributed by atoms with Crippen molar-refractivity contribution in [3.05, 3.63) is 27.0 Å². The molecule has 0 aliphatic carbocycles. The van der Waals surface area contributed by atoms with Gasteiger partial charge in [0.05, 0.1) is 21.5 Å². The van der Waals surface area contributed by atoms with Crippen molar-refractivity contribution in [2.24, 2.45) is 0 Å². The lowest BCUT2D eigenvalue weighted by Crippen LogP contribution is -2.49. The molecule has 1 saturated heterocycles. The largest absolute Gasteiger partial charge is 0.362 e. The summed E-state index contributed by atoms with van der Waals surface area (Å²) in [7, 11) is 0. The van der Waals surface area contributed by atoms with Crippen molar-refractivity contribution < 1.29 is 4.92 Å². The standard InChI is InChI=1S/C12H14BrN5O2/c1-9(6-14)16-2-4-17(5-3-16)12-10(13)7-15-8-11(12)18(19)20/h7-9H,2-5H2,1H3. The lowest BCUT2D eigenvalue weighted by Gasteiger charge is -2.37. The molecule has 0 N–H and O–H groups in total. The molecule has 1 aliphatic rings. The third-order valence-corrected chi connectivity index (χ3v) is 4.00. The highest BCUT2D eigenvalue weighted by Gasteiger charge is 2.27. The molecule has 0 spiro atoms. The first kappa shape index (κ1) is 14.7. The summed E-state index contributed by atoms with van der Waals surface area (Å²) in [5.74, 6) is 0. The number of nitro groups is 1. The highest BCUT2D eigenvalue weighted by atomic mass is 79.9. The second-order valence-electron chi connectivity index (χ2n) is 4.57. The van der Waals surface area contributed by atoms with Crippen molar-refractivity contribution in [3.8, 4) is 6.07 Å². The van der Waals surface area contributed by atoms with Crippen LogP contribution >= 0.6 is 15.9 Å². The van der Waals surface area contributed by atoms with Gasteiger partial charge in [0.1, 0.15) is 11.9 Å². The highest BCUT2D eigenvalue weighted by Crippen LogP contribution is 2.35. The number of piperazine rings is 1. The van der Waals surface area contributed by atoms with Gasteiger partial charge in [-0.05, 0) is 22.9 Å². The van der Waals surface area contributed by atoms with E-state index in [-0.39, 0.29) is 11.7 Å². The summed E-state index contributed by atoms with van der Waals surface area (Å²) in [5, 5.41) is 20.0. The average molecular weight is 340 g/mol. The zero-order valence-electron chi connectivity index (χ0n) is 11.0. The molecule has 2 rings (SSSR count). The van der Waals surface area contributed by atoms with Gasteiger partial charge in [0.25, 0.3) is 0 Å². The molecular weight excluding hydrogens is 326 g/mol. The second-order valence-corrected chi connectivity index (χ2v) is 5.43. The van der Waals surface area contributed by atoms with E-state index in [4.69, 9.17) is 5.26 Å². The molecule has 1 fully saturated rings. The lowest BCUT2D eigenvalue weighted by molar-refractivity contribution is -0.384. The van der Waals surface area contributed by atoms with Crippen LogP contribution in [-0.4, -0.2) is 47.0 Å². The first-order valence-corrected chi connectivity index (χ1v) is 7.00. The number of nitriles is 1. The van der Waals surface area contributed by atoms with Gasteiger partial charge < -0.3 is 4.90 Å². The van der Waals surface area contributed by atoms with Gasteiger partial charge in [-0.25, -0.2) is 0 Å². The zero-order chi connectivity index (χ0) is 14.7. The summed E-state index contributed by atoms with van der Waals surface area (Å²) >= 11 is 3.33. The van der Waals surface area contributed by atoms with Crippen LogP contribution in [0.1, 0.15) is 6.92 Å². The van der Waals surface area contributed by atoms with E-state index in [2.05, 4.69) is 31.9 Å². The number of hydrogen-bond acceptors (Lipinski definition) is 6. The minimum atomic E-state index is -0.419. The normalized spacial score (nSPS) is 17.6. The minimum absolute atomic E-state index is 0.00107. The number of hydrogen-bond donors (Lipinski definition) is 0. The van der Waals surface area contributed by atoms with Gasteiger partial charge >= 0.3 is 5.69 Å². The monoisotopic (exact) mass is 339 g/mol. The van der Waals surface area contributed by atoms with Crippen molar-refractivity contribution in [2.75, 3.05) is 31.1 Å². The average Bonchev–Trinajstić information content (AvgIpc) is 2.46. The van der Waals surface area contributed by atoms with Gasteiger partial charge in [-0.2, -0.15) is 5.26 Å². The molecule has 8 heteroatoms. The third-order valence-electron chi connectivity index (χ3n) is 3.42. The molecule has 20 heavy (non-hydrogen) atoms. The van der Waals surface area contributed by atoms with Crippen LogP contribution < -0.4 is 4.90 Å². The van der Waals surface area contributed by atoms with Crippen molar-refractivity contribution >= 4 is 27.3 Å². The van der Waals surface area contributed by atoms with E-state index < -0.39 is 4.92 Å². The molecule has 106 valence electrons. The number of pyridine rings is 1. The smallest absolute Gasteiger partial charge is 0.311 e. The van der Waals surface area contributed by atoms with Gasteiger partial charge in [-0.3, -0.25) is 20.0 Å². The Bertz CT molecular complexity index is 551. The molecular formula is C12H14BrN5O2. The summed E-state index contributed by atoms with van der Waals surface area (Å²) in [5.41, 5.74) is 0.565. The van der Waals surface area contributed by atoms with Gasteiger partial charge in [0, 0.05) is 32.4 Å². The summed E-state index contributed by atoms with van der Waals surface area (Å²) in [6.07, 6.45) is 2.83. The van der Waals surface area contributed by atoms with Gasteiger partial charge in [0.2, 0.25) is 0 Å². The highest BCUT2D eigenvalue weighted by molar-refractivity contribution is 9.10. The van der Waals surface area contributed by atoms with Crippen LogP contribution in [0.15, 0.2) is 16.9 Å². The Morgan fingerprint density at radius 1 is 1.45 bits per heavy atom. The minimum Gasteiger partial charge on any atom is -0.362 e. The fourth-order valence-electron chi connectivity index (χ4n) is 2.28. The van der Waals surface area contributed by atoms with Gasteiger partial charge in [-0.1, -0.05) is 0 Å². The molecule has 1 aromatic heterocycles. The number of aromatic nitrogens is 1. The van der Waals surface area contributed by atoms with Crippen LogP contribution in [0, 0.1) is 21.4 Å². The Hall–Kier alpha value is -1.72. The van der Waals surface area contributed by atoms with Crippen molar-refractivity contribution in [1.82, 2.24) is 9.88 Å². The Morgan fingerprint density at radius 2 is 2.10 bits per heavy atom. The Kier molecular flexibility index (Phi) is 4.52. The van der Waals surface area contributed by atoms with E-state index in [1.54, 1.807) is 6.20 Å². The molecule has 0 bridgehead atoms. The molecule has 1 aliphatic heterocycles. The number of nitrogens with zero attached hydrogens (tertiary/aromatic N) is 5. The van der Waals surface area contributed by atoms with Gasteiger partial charge in [-0.15, -0.1) is 0 Å². The molecule has 0 radical (unpaired) electrons. The first-order valence-electron chi connectivity index (χ1n) is 6.21. The van der Waals surface area contributed by atoms with E-state index in [1.807, 2.05) is 11.8 Å². The quantitative estimate of drug-likeness (QED) is 0.616. The van der Waals surface area contributed by atoms with Crippen LogP contribution in [0.4, 0.5) is 11.4 Å². The maximum absolute atomic E-state index is 11.1. The maximum Gasteiger partial charge on any atom is 0.311 e. The van der Waals surface area contributed by atoms with Crippen LogP contribution in [0.3, 0.4) is 0 Å². The van der Waals surface area contributed by atoms with Crippen molar-refractivity contribution in [2.45, 2.75) is 13.0 Å². The van der Waals surface area contributed by atoms with E-state index in [0.717, 1.165) is 0 Å². The Labute approximate surface area is 125 Å². The van der Waals surface area contributed by atoms with E-state index in [0.29, 0.717) is 36.3 Å².